The van der Waals surface area contributed by atoms with Crippen molar-refractivity contribution < 1.29 is 9.69 Å². The number of quaternary nitrogens is 1. The zero-order valence-electron chi connectivity index (χ0n) is 16.0. The monoisotopic (exact) mass is 379 g/mol. The molecule has 138 valence electrons. The maximum absolute atomic E-state index is 13.2. The fraction of sp³-hybridized carbons (Fsp3) is 0.286. The van der Waals surface area contributed by atoms with E-state index < -0.39 is 0 Å². The fourth-order valence-electron chi connectivity index (χ4n) is 2.94. The quantitative estimate of drug-likeness (QED) is 0.741. The molecule has 6 heteroatoms. The molecule has 0 aliphatic carbocycles. The Bertz CT molecular complexity index is 1020. The molecule has 1 aromatic heterocycles. The van der Waals surface area contributed by atoms with E-state index in [0.717, 1.165) is 16.8 Å². The number of nitrogens with zero attached hydrogens (tertiary/aromatic N) is 3. The number of nitriles is 1. The van der Waals surface area contributed by atoms with Gasteiger partial charge in [0, 0.05) is 5.56 Å². The van der Waals surface area contributed by atoms with Crippen LogP contribution in [0.15, 0.2) is 36.4 Å². The molecule has 1 N–H and O–H groups in total. The Labute approximate surface area is 163 Å². The molecule has 0 radical (unpaired) electrons. The van der Waals surface area contributed by atoms with E-state index in [4.69, 9.17) is 10.2 Å². The molecular weight excluding hydrogens is 356 g/mol. The number of aryl methyl sites for hydroxylation is 2. The van der Waals surface area contributed by atoms with Crippen LogP contribution in [-0.2, 0) is 0 Å². The van der Waals surface area contributed by atoms with Crippen LogP contribution in [0.4, 0.5) is 5.13 Å². The Morgan fingerprint density at radius 3 is 2.56 bits per heavy atom. The molecule has 0 bridgehead atoms. The lowest BCUT2D eigenvalue weighted by Gasteiger charge is -2.20. The van der Waals surface area contributed by atoms with E-state index in [-0.39, 0.29) is 5.91 Å². The first-order valence-electron chi connectivity index (χ1n) is 8.88. The van der Waals surface area contributed by atoms with E-state index in [9.17, 15) is 4.79 Å². The number of aromatic nitrogens is 1. The highest BCUT2D eigenvalue weighted by molar-refractivity contribution is 7.22. The van der Waals surface area contributed by atoms with Crippen molar-refractivity contribution in [3.63, 3.8) is 0 Å². The van der Waals surface area contributed by atoms with Crippen molar-refractivity contribution in [2.75, 3.05) is 32.1 Å². The SMILES string of the molecule is Cc1cc(C)c2sc(N(CC[NH+](C)C)C(=O)c3ccc(C#N)cc3)nc2c1. The summed E-state index contributed by atoms with van der Waals surface area (Å²) in [6, 6.07) is 13.0. The zero-order valence-corrected chi connectivity index (χ0v) is 16.9. The van der Waals surface area contributed by atoms with Crippen LogP contribution < -0.4 is 9.80 Å². The Balaban J connectivity index is 2.01. The fourth-order valence-corrected chi connectivity index (χ4v) is 3.98. The minimum Gasteiger partial charge on any atom is -0.338 e. The molecular formula is C21H23N4OS+. The van der Waals surface area contributed by atoms with Crippen molar-refractivity contribution in [3.05, 3.63) is 58.7 Å². The molecule has 3 aromatic rings. The maximum Gasteiger partial charge on any atom is 0.260 e. The van der Waals surface area contributed by atoms with E-state index in [0.29, 0.717) is 22.8 Å². The smallest absolute Gasteiger partial charge is 0.260 e. The molecule has 0 spiro atoms. The number of carbonyl (C=O) groups is 1. The van der Waals surface area contributed by atoms with Crippen LogP contribution in [0.3, 0.4) is 0 Å². The first-order valence-corrected chi connectivity index (χ1v) is 9.69. The van der Waals surface area contributed by atoms with E-state index in [2.05, 4.69) is 46.1 Å². The molecule has 1 heterocycles. The number of likely N-dealkylation sites (N-methyl/N-ethyl adjacent to an activating group) is 1. The maximum atomic E-state index is 13.2. The highest BCUT2D eigenvalue weighted by Crippen LogP contribution is 2.32. The van der Waals surface area contributed by atoms with Gasteiger partial charge in [0.05, 0.1) is 49.0 Å². The normalized spacial score (nSPS) is 11.0. The number of nitrogens with one attached hydrogen (secondary N) is 1. The number of rotatable bonds is 5. The van der Waals surface area contributed by atoms with Crippen molar-refractivity contribution >= 4 is 32.6 Å². The van der Waals surface area contributed by atoms with Gasteiger partial charge in [-0.05, 0) is 55.3 Å². The van der Waals surface area contributed by atoms with Crippen LogP contribution in [0.1, 0.15) is 27.0 Å². The van der Waals surface area contributed by atoms with Gasteiger partial charge in [-0.25, -0.2) is 4.98 Å². The lowest BCUT2D eigenvalue weighted by atomic mass is 10.1. The number of hydrogen-bond donors (Lipinski definition) is 1. The topological polar surface area (TPSA) is 61.4 Å². The highest BCUT2D eigenvalue weighted by Gasteiger charge is 2.22. The second-order valence-corrected chi connectivity index (χ2v) is 8.01. The molecule has 0 atom stereocenters. The number of thiazole rings is 1. The third-order valence-electron chi connectivity index (χ3n) is 4.38. The number of hydrogen-bond acceptors (Lipinski definition) is 4. The van der Waals surface area contributed by atoms with Gasteiger partial charge < -0.3 is 4.90 Å². The van der Waals surface area contributed by atoms with Crippen molar-refractivity contribution in [2.45, 2.75) is 13.8 Å². The molecule has 0 fully saturated rings. The summed E-state index contributed by atoms with van der Waals surface area (Å²) in [6.45, 7) is 5.53. The minimum atomic E-state index is -0.0887. The van der Waals surface area contributed by atoms with E-state index >= 15 is 0 Å². The highest BCUT2D eigenvalue weighted by atomic mass is 32.1. The minimum absolute atomic E-state index is 0.0887. The number of fused-ring (bicyclic) bond motifs is 1. The van der Waals surface area contributed by atoms with Gasteiger partial charge in [0.2, 0.25) is 0 Å². The van der Waals surface area contributed by atoms with Crippen molar-refractivity contribution in [2.24, 2.45) is 0 Å². The largest absolute Gasteiger partial charge is 0.338 e. The van der Waals surface area contributed by atoms with Crippen molar-refractivity contribution in [3.8, 4) is 6.07 Å². The van der Waals surface area contributed by atoms with Crippen LogP contribution in [0.2, 0.25) is 0 Å². The number of carbonyl (C=O) groups excluding carboxylic acids is 1. The lowest BCUT2D eigenvalue weighted by Crippen LogP contribution is -3.06. The predicted molar refractivity (Wildman–Crippen MR) is 110 cm³/mol. The van der Waals surface area contributed by atoms with Gasteiger partial charge in [0.15, 0.2) is 5.13 Å². The molecule has 1 amide bonds. The van der Waals surface area contributed by atoms with E-state index in [1.54, 1.807) is 40.5 Å². The average molecular weight is 380 g/mol. The van der Waals surface area contributed by atoms with Gasteiger partial charge in [-0.15, -0.1) is 0 Å². The Hall–Kier alpha value is -2.75. The Morgan fingerprint density at radius 2 is 1.93 bits per heavy atom. The first-order chi connectivity index (χ1) is 12.9. The average Bonchev–Trinajstić information content (AvgIpc) is 3.05. The van der Waals surface area contributed by atoms with Crippen LogP contribution >= 0.6 is 11.3 Å². The first kappa shape index (κ1) is 19.0. The summed E-state index contributed by atoms with van der Waals surface area (Å²) in [4.78, 5) is 21.0. The number of amides is 1. The van der Waals surface area contributed by atoms with Gasteiger partial charge in [0.25, 0.3) is 5.91 Å². The summed E-state index contributed by atoms with van der Waals surface area (Å²) >= 11 is 1.56. The summed E-state index contributed by atoms with van der Waals surface area (Å²) in [6.07, 6.45) is 0. The van der Waals surface area contributed by atoms with Gasteiger partial charge >= 0.3 is 0 Å². The zero-order chi connectivity index (χ0) is 19.6. The molecule has 2 aromatic carbocycles. The molecule has 27 heavy (non-hydrogen) atoms. The predicted octanol–water partition coefficient (Wildman–Crippen LogP) is 2.58. The van der Waals surface area contributed by atoms with Crippen LogP contribution in [0.25, 0.3) is 10.2 Å². The third kappa shape index (κ3) is 4.16. The van der Waals surface area contributed by atoms with Gasteiger partial charge in [-0.3, -0.25) is 9.69 Å². The number of anilines is 1. The molecule has 5 nitrogen and oxygen atoms in total. The van der Waals surface area contributed by atoms with Gasteiger partial charge in [-0.2, -0.15) is 5.26 Å². The van der Waals surface area contributed by atoms with E-state index in [1.165, 1.54) is 16.0 Å². The molecule has 0 unspecified atom stereocenters. The lowest BCUT2D eigenvalue weighted by molar-refractivity contribution is -0.856. The summed E-state index contributed by atoms with van der Waals surface area (Å²) in [5.74, 6) is -0.0887. The summed E-state index contributed by atoms with van der Waals surface area (Å²) in [5, 5.41) is 9.69. The van der Waals surface area contributed by atoms with E-state index in [1.807, 2.05) is 0 Å². The summed E-state index contributed by atoms with van der Waals surface area (Å²) < 4.78 is 1.12. The van der Waals surface area contributed by atoms with Crippen LogP contribution in [0.5, 0.6) is 0 Å². The van der Waals surface area contributed by atoms with Crippen molar-refractivity contribution in [1.82, 2.24) is 4.98 Å². The third-order valence-corrected chi connectivity index (χ3v) is 5.61. The second kappa shape index (κ2) is 7.87. The van der Waals surface area contributed by atoms with Gasteiger partial charge in [0.1, 0.15) is 0 Å². The summed E-state index contributed by atoms with van der Waals surface area (Å²) in [7, 11) is 4.13. The molecule has 0 saturated carbocycles. The summed E-state index contributed by atoms with van der Waals surface area (Å²) in [5.41, 5.74) is 4.39. The van der Waals surface area contributed by atoms with Crippen LogP contribution in [0, 0.1) is 25.2 Å². The Morgan fingerprint density at radius 1 is 1.22 bits per heavy atom. The standard InChI is InChI=1S/C21H22N4OS/c1-14-11-15(2)19-18(12-14)23-21(27-19)25(10-9-24(3)4)20(26)17-7-5-16(13-22)6-8-17/h5-8,11-12H,9-10H2,1-4H3/p+1. The molecule has 0 saturated heterocycles. The number of benzene rings is 2. The molecule has 0 aliphatic heterocycles. The molecule has 3 rings (SSSR count). The van der Waals surface area contributed by atoms with Crippen molar-refractivity contribution in [1.29, 1.82) is 5.26 Å². The van der Waals surface area contributed by atoms with Gasteiger partial charge in [-0.1, -0.05) is 17.4 Å². The molecule has 0 aliphatic rings. The van der Waals surface area contributed by atoms with Crippen LogP contribution in [-0.4, -0.2) is 38.1 Å². The Kier molecular flexibility index (Phi) is 5.54. The second-order valence-electron chi connectivity index (χ2n) is 7.03.